The Morgan fingerprint density at radius 2 is 2.27 bits per heavy atom. The maximum atomic E-state index is 6.17. The number of aromatic nitrogens is 3. The van der Waals surface area contributed by atoms with E-state index in [0.29, 0.717) is 18.3 Å². The summed E-state index contributed by atoms with van der Waals surface area (Å²) in [5.41, 5.74) is 3.30. The first-order valence-electron chi connectivity index (χ1n) is 8.39. The van der Waals surface area contributed by atoms with Crippen molar-refractivity contribution in [3.63, 3.8) is 0 Å². The zero-order chi connectivity index (χ0) is 18.3. The molecule has 1 aliphatic carbocycles. The van der Waals surface area contributed by atoms with Crippen molar-refractivity contribution in [3.05, 3.63) is 56.3 Å². The van der Waals surface area contributed by atoms with Gasteiger partial charge in [-0.05, 0) is 82.9 Å². The molecule has 136 valence electrons. The van der Waals surface area contributed by atoms with Crippen LogP contribution in [0.15, 0.2) is 38.5 Å². The molecule has 3 aromatic rings. The Balaban J connectivity index is 1.77. The van der Waals surface area contributed by atoms with Gasteiger partial charge in [-0.15, -0.1) is 5.10 Å². The van der Waals surface area contributed by atoms with E-state index in [1.807, 2.05) is 16.6 Å². The van der Waals surface area contributed by atoms with Gasteiger partial charge in [-0.3, -0.25) is 0 Å². The number of fused-ring (bicyclic) bond motifs is 1. The van der Waals surface area contributed by atoms with Gasteiger partial charge in [-0.1, -0.05) is 17.7 Å². The zero-order valence-corrected chi connectivity index (χ0v) is 17.2. The van der Waals surface area contributed by atoms with Gasteiger partial charge in [0.15, 0.2) is 5.82 Å². The summed E-state index contributed by atoms with van der Waals surface area (Å²) in [5, 5.41) is 8.84. The first-order valence-corrected chi connectivity index (χ1v) is 9.94. The lowest BCUT2D eigenvalue weighted by Gasteiger charge is -2.20. The van der Waals surface area contributed by atoms with Crippen molar-refractivity contribution >= 4 is 50.5 Å². The van der Waals surface area contributed by atoms with Gasteiger partial charge in [-0.2, -0.15) is 4.98 Å². The van der Waals surface area contributed by atoms with Gasteiger partial charge < -0.3 is 9.73 Å². The molecule has 0 bridgehead atoms. The lowest BCUT2D eigenvalue weighted by molar-refractivity contribution is 0.518. The molecule has 0 spiro atoms. The summed E-state index contributed by atoms with van der Waals surface area (Å²) in [6, 6.07) is 3.77. The van der Waals surface area contributed by atoms with Crippen LogP contribution in [0.4, 0.5) is 5.82 Å². The molecule has 0 amide bonds. The van der Waals surface area contributed by atoms with Crippen molar-refractivity contribution < 1.29 is 4.42 Å². The van der Waals surface area contributed by atoms with Gasteiger partial charge in [0.2, 0.25) is 5.28 Å². The second-order valence-electron chi connectivity index (χ2n) is 6.37. The van der Waals surface area contributed by atoms with Crippen LogP contribution in [0.2, 0.25) is 5.28 Å². The molecule has 26 heavy (non-hydrogen) atoms. The third-order valence-corrected chi connectivity index (χ3v) is 6.03. The third kappa shape index (κ3) is 3.26. The smallest absolute Gasteiger partial charge is 0.243 e. The summed E-state index contributed by atoms with van der Waals surface area (Å²) in [6.07, 6.45) is 6.60. The largest absolute Gasteiger partial charge is 0.467 e. The second kappa shape index (κ2) is 7.25. The fraction of sp³-hybridized carbons (Fsp3) is 0.333. The second-order valence-corrected chi connectivity index (χ2v) is 7.95. The maximum absolute atomic E-state index is 6.17. The normalized spacial score (nSPS) is 17.5. The highest BCUT2D eigenvalue weighted by Crippen LogP contribution is 2.42. The molecular formula is C18H17BrCl2N4O. The van der Waals surface area contributed by atoms with E-state index in [4.69, 9.17) is 27.6 Å². The Morgan fingerprint density at radius 3 is 2.96 bits per heavy atom. The number of nitrogens with one attached hydrogen (secondary N) is 1. The standard InChI is InChI=1S/C18H17BrCl2N4O/c1-10-14(11-4-6-12(20)7-5-11)16(19)25-15(10)17(23-18(21)24-25)22-9-13-3-2-8-26-13/h2-3,6,8,11H,4-5,7,9H2,1H3,(H,22,23,24). The van der Waals surface area contributed by atoms with Gasteiger partial charge in [0, 0.05) is 5.03 Å². The minimum absolute atomic E-state index is 0.188. The Hall–Kier alpha value is -1.50. The van der Waals surface area contributed by atoms with Crippen LogP contribution in [0.5, 0.6) is 0 Å². The fourth-order valence-electron chi connectivity index (χ4n) is 3.52. The predicted molar refractivity (Wildman–Crippen MR) is 107 cm³/mol. The number of allylic oxidation sites excluding steroid dienone is 2. The average molecular weight is 456 g/mol. The van der Waals surface area contributed by atoms with Gasteiger partial charge in [0.25, 0.3) is 0 Å². The van der Waals surface area contributed by atoms with Crippen molar-refractivity contribution in [1.82, 2.24) is 14.6 Å². The minimum Gasteiger partial charge on any atom is -0.467 e. The number of nitrogens with zero attached hydrogens (tertiary/aromatic N) is 3. The lowest BCUT2D eigenvalue weighted by Crippen LogP contribution is -2.05. The Bertz CT molecular complexity index is 981. The summed E-state index contributed by atoms with van der Waals surface area (Å²) in [7, 11) is 0. The van der Waals surface area contributed by atoms with Crippen LogP contribution in [-0.4, -0.2) is 14.6 Å². The van der Waals surface area contributed by atoms with Crippen LogP contribution in [-0.2, 0) is 6.54 Å². The van der Waals surface area contributed by atoms with E-state index in [-0.39, 0.29) is 5.28 Å². The molecule has 8 heteroatoms. The molecule has 1 atom stereocenters. The first kappa shape index (κ1) is 17.9. The van der Waals surface area contributed by atoms with Gasteiger partial charge in [-0.25, -0.2) is 4.52 Å². The number of hydrogen-bond donors (Lipinski definition) is 1. The topological polar surface area (TPSA) is 55.4 Å². The molecular weight excluding hydrogens is 439 g/mol. The Kier molecular flexibility index (Phi) is 4.99. The Morgan fingerprint density at radius 1 is 1.42 bits per heavy atom. The molecule has 0 saturated heterocycles. The quantitative estimate of drug-likeness (QED) is 0.520. The van der Waals surface area contributed by atoms with E-state index in [0.717, 1.165) is 45.7 Å². The summed E-state index contributed by atoms with van der Waals surface area (Å²) in [4.78, 5) is 4.40. The van der Waals surface area contributed by atoms with Crippen molar-refractivity contribution in [2.24, 2.45) is 0 Å². The summed E-state index contributed by atoms with van der Waals surface area (Å²) in [6.45, 7) is 2.63. The molecule has 0 radical (unpaired) electrons. The molecule has 3 aromatic heterocycles. The lowest BCUT2D eigenvalue weighted by atomic mass is 9.87. The van der Waals surface area contributed by atoms with Gasteiger partial charge >= 0.3 is 0 Å². The van der Waals surface area contributed by atoms with Crippen molar-refractivity contribution in [1.29, 1.82) is 0 Å². The number of aryl methyl sites for hydroxylation is 1. The van der Waals surface area contributed by atoms with Gasteiger partial charge in [0.1, 0.15) is 15.9 Å². The summed E-state index contributed by atoms with van der Waals surface area (Å²) < 4.78 is 8.13. The minimum atomic E-state index is 0.188. The molecule has 0 saturated carbocycles. The highest BCUT2D eigenvalue weighted by Gasteiger charge is 2.26. The number of anilines is 1. The fourth-order valence-corrected chi connectivity index (χ4v) is 4.76. The van der Waals surface area contributed by atoms with Gasteiger partial charge in [0.05, 0.1) is 12.8 Å². The average Bonchev–Trinajstić information content (AvgIpc) is 3.22. The van der Waals surface area contributed by atoms with Crippen LogP contribution in [0, 0.1) is 6.92 Å². The molecule has 0 aromatic carbocycles. The molecule has 1 aliphatic rings. The van der Waals surface area contributed by atoms with Crippen molar-refractivity contribution in [3.8, 4) is 0 Å². The summed E-state index contributed by atoms with van der Waals surface area (Å²) in [5.74, 6) is 1.91. The number of hydrogen-bond acceptors (Lipinski definition) is 4. The summed E-state index contributed by atoms with van der Waals surface area (Å²) >= 11 is 16.0. The van der Waals surface area contributed by atoms with Crippen molar-refractivity contribution in [2.75, 3.05) is 5.32 Å². The van der Waals surface area contributed by atoms with E-state index < -0.39 is 0 Å². The number of halogens is 3. The van der Waals surface area contributed by atoms with Crippen LogP contribution in [0.25, 0.3) is 5.52 Å². The van der Waals surface area contributed by atoms with E-state index in [9.17, 15) is 0 Å². The molecule has 5 nitrogen and oxygen atoms in total. The number of rotatable bonds is 4. The molecule has 0 aliphatic heterocycles. The highest BCUT2D eigenvalue weighted by atomic mass is 79.9. The maximum Gasteiger partial charge on any atom is 0.243 e. The molecule has 1 N–H and O–H groups in total. The van der Waals surface area contributed by atoms with E-state index in [1.54, 1.807) is 6.26 Å². The van der Waals surface area contributed by atoms with E-state index in [2.05, 4.69) is 44.3 Å². The molecule has 1 unspecified atom stereocenters. The SMILES string of the molecule is Cc1c(C2CC=C(Cl)CC2)c(Br)n2nc(Cl)nc(NCc3ccco3)c12. The van der Waals surface area contributed by atoms with Crippen LogP contribution in [0.3, 0.4) is 0 Å². The molecule has 3 heterocycles. The van der Waals surface area contributed by atoms with Crippen LogP contribution >= 0.6 is 39.1 Å². The predicted octanol–water partition coefficient (Wildman–Crippen LogP) is 6.05. The first-order chi connectivity index (χ1) is 12.5. The third-order valence-electron chi connectivity index (χ3n) is 4.76. The molecule has 0 fully saturated rings. The Labute approximate surface area is 169 Å². The number of furan rings is 1. The molecule has 4 rings (SSSR count). The highest BCUT2D eigenvalue weighted by molar-refractivity contribution is 9.10. The van der Waals surface area contributed by atoms with E-state index in [1.165, 1.54) is 5.56 Å². The van der Waals surface area contributed by atoms with Crippen molar-refractivity contribution in [2.45, 2.75) is 38.6 Å². The van der Waals surface area contributed by atoms with E-state index >= 15 is 0 Å². The van der Waals surface area contributed by atoms with Crippen LogP contribution < -0.4 is 5.32 Å². The van der Waals surface area contributed by atoms with Crippen LogP contribution in [0.1, 0.15) is 42.1 Å². The monoisotopic (exact) mass is 454 g/mol. The zero-order valence-electron chi connectivity index (χ0n) is 14.1.